The summed E-state index contributed by atoms with van der Waals surface area (Å²) in [5, 5.41) is 4.66. The van der Waals surface area contributed by atoms with E-state index in [-0.39, 0.29) is 16.3 Å². The second-order valence-corrected chi connectivity index (χ2v) is 5.76. The number of aromatic nitrogens is 1. The standard InChI is InChI=1S/C9H13BrN2OS/c1-6(10)9(2,3)12-8(13)7-4-14-5-11-7/h4-6H,1-3H3,(H,12,13). The lowest BCUT2D eigenvalue weighted by atomic mass is 10.0. The largest absolute Gasteiger partial charge is 0.345 e. The van der Waals surface area contributed by atoms with Gasteiger partial charge in [0.1, 0.15) is 5.69 Å². The van der Waals surface area contributed by atoms with Crippen LogP contribution in [0.3, 0.4) is 0 Å². The smallest absolute Gasteiger partial charge is 0.271 e. The minimum atomic E-state index is -0.277. The van der Waals surface area contributed by atoms with E-state index in [0.717, 1.165) is 0 Å². The molecular weight excluding hydrogens is 264 g/mol. The number of amides is 1. The summed E-state index contributed by atoms with van der Waals surface area (Å²) in [5.41, 5.74) is 1.86. The number of carbonyl (C=O) groups excluding carboxylic acids is 1. The van der Waals surface area contributed by atoms with Crippen molar-refractivity contribution in [3.05, 3.63) is 16.6 Å². The Kier molecular flexibility index (Phi) is 3.66. The molecule has 0 aromatic carbocycles. The molecule has 0 aliphatic heterocycles. The molecule has 1 atom stereocenters. The van der Waals surface area contributed by atoms with Crippen molar-refractivity contribution in [1.82, 2.24) is 10.3 Å². The molecule has 1 rings (SSSR count). The monoisotopic (exact) mass is 276 g/mol. The number of hydrogen-bond donors (Lipinski definition) is 1. The molecule has 0 bridgehead atoms. The lowest BCUT2D eigenvalue weighted by molar-refractivity contribution is 0.0909. The van der Waals surface area contributed by atoms with Crippen molar-refractivity contribution in [3.63, 3.8) is 0 Å². The Balaban J connectivity index is 2.66. The Morgan fingerprint density at radius 3 is 2.79 bits per heavy atom. The number of thiazole rings is 1. The molecule has 0 radical (unpaired) electrons. The van der Waals surface area contributed by atoms with Gasteiger partial charge in [0.05, 0.1) is 5.51 Å². The molecule has 0 aliphatic carbocycles. The highest BCUT2D eigenvalue weighted by molar-refractivity contribution is 9.09. The van der Waals surface area contributed by atoms with Crippen molar-refractivity contribution in [2.45, 2.75) is 31.1 Å². The van der Waals surface area contributed by atoms with Crippen molar-refractivity contribution in [1.29, 1.82) is 0 Å². The summed E-state index contributed by atoms with van der Waals surface area (Å²) >= 11 is 4.87. The van der Waals surface area contributed by atoms with Crippen LogP contribution >= 0.6 is 27.3 Å². The maximum absolute atomic E-state index is 11.6. The third-order valence-electron chi connectivity index (χ3n) is 2.10. The molecule has 1 unspecified atom stereocenters. The van der Waals surface area contributed by atoms with Crippen LogP contribution in [0.15, 0.2) is 10.9 Å². The van der Waals surface area contributed by atoms with E-state index >= 15 is 0 Å². The van der Waals surface area contributed by atoms with E-state index in [1.807, 2.05) is 20.8 Å². The van der Waals surface area contributed by atoms with Gasteiger partial charge < -0.3 is 5.32 Å². The van der Waals surface area contributed by atoms with Crippen LogP contribution in [0.5, 0.6) is 0 Å². The van der Waals surface area contributed by atoms with Gasteiger partial charge in [-0.3, -0.25) is 4.79 Å². The molecule has 0 saturated carbocycles. The van der Waals surface area contributed by atoms with Gasteiger partial charge in [0, 0.05) is 15.7 Å². The highest BCUT2D eigenvalue weighted by atomic mass is 79.9. The molecule has 78 valence electrons. The van der Waals surface area contributed by atoms with Crippen LogP contribution in [-0.2, 0) is 0 Å². The first-order chi connectivity index (χ1) is 6.43. The maximum atomic E-state index is 11.6. The van der Waals surface area contributed by atoms with E-state index in [4.69, 9.17) is 0 Å². The number of hydrogen-bond acceptors (Lipinski definition) is 3. The van der Waals surface area contributed by atoms with Gasteiger partial charge in [0.25, 0.3) is 5.91 Å². The first-order valence-electron chi connectivity index (χ1n) is 4.28. The first kappa shape index (κ1) is 11.7. The average molecular weight is 277 g/mol. The normalized spacial score (nSPS) is 13.7. The van der Waals surface area contributed by atoms with E-state index in [1.54, 1.807) is 10.9 Å². The van der Waals surface area contributed by atoms with Gasteiger partial charge in [0.2, 0.25) is 0 Å². The first-order valence-corrected chi connectivity index (χ1v) is 6.14. The SMILES string of the molecule is CC(Br)C(C)(C)NC(=O)c1cscn1. The Labute approximate surface area is 96.1 Å². The van der Waals surface area contributed by atoms with Gasteiger partial charge in [-0.05, 0) is 13.8 Å². The van der Waals surface area contributed by atoms with Gasteiger partial charge in [0.15, 0.2) is 0 Å². The van der Waals surface area contributed by atoms with E-state index in [1.165, 1.54) is 11.3 Å². The Morgan fingerprint density at radius 1 is 1.71 bits per heavy atom. The number of nitrogens with zero attached hydrogens (tertiary/aromatic N) is 1. The predicted octanol–water partition coefficient (Wildman–Crippen LogP) is 2.43. The molecule has 5 heteroatoms. The molecule has 0 spiro atoms. The van der Waals surface area contributed by atoms with Gasteiger partial charge >= 0.3 is 0 Å². The zero-order chi connectivity index (χ0) is 10.8. The van der Waals surface area contributed by atoms with E-state index in [9.17, 15) is 4.79 Å². The molecule has 14 heavy (non-hydrogen) atoms. The highest BCUT2D eigenvalue weighted by Gasteiger charge is 2.26. The summed E-state index contributed by atoms with van der Waals surface area (Å²) in [4.78, 5) is 15.8. The molecule has 1 amide bonds. The fourth-order valence-electron chi connectivity index (χ4n) is 0.781. The minimum absolute atomic E-state index is 0.123. The second-order valence-electron chi connectivity index (χ2n) is 3.67. The van der Waals surface area contributed by atoms with Gasteiger partial charge in [-0.15, -0.1) is 11.3 Å². The summed E-state index contributed by atoms with van der Waals surface area (Å²) in [5.74, 6) is -0.123. The molecule has 1 aromatic rings. The molecule has 1 aromatic heterocycles. The van der Waals surface area contributed by atoms with Crippen molar-refractivity contribution >= 4 is 33.2 Å². The van der Waals surface area contributed by atoms with Crippen molar-refractivity contribution < 1.29 is 4.79 Å². The number of halogens is 1. The third kappa shape index (κ3) is 2.78. The molecule has 3 nitrogen and oxygen atoms in total. The van der Waals surface area contributed by atoms with Crippen LogP contribution in [0, 0.1) is 0 Å². The van der Waals surface area contributed by atoms with Gasteiger partial charge in [-0.2, -0.15) is 0 Å². The molecule has 1 N–H and O–H groups in total. The number of nitrogens with one attached hydrogen (secondary N) is 1. The Morgan fingerprint density at radius 2 is 2.36 bits per heavy atom. The Bertz CT molecular complexity index is 309. The lowest BCUT2D eigenvalue weighted by Crippen LogP contribution is -2.48. The minimum Gasteiger partial charge on any atom is -0.345 e. The van der Waals surface area contributed by atoms with Crippen LogP contribution < -0.4 is 5.32 Å². The maximum Gasteiger partial charge on any atom is 0.271 e. The van der Waals surface area contributed by atoms with Crippen LogP contribution in [-0.4, -0.2) is 21.3 Å². The molecular formula is C9H13BrN2OS. The van der Waals surface area contributed by atoms with E-state index in [0.29, 0.717) is 5.69 Å². The average Bonchev–Trinajstić information content (AvgIpc) is 2.54. The van der Waals surface area contributed by atoms with E-state index in [2.05, 4.69) is 26.2 Å². The zero-order valence-electron chi connectivity index (χ0n) is 8.37. The van der Waals surface area contributed by atoms with Gasteiger partial charge in [-0.1, -0.05) is 22.9 Å². The van der Waals surface area contributed by atoms with Gasteiger partial charge in [-0.25, -0.2) is 4.98 Å². The summed E-state index contributed by atoms with van der Waals surface area (Å²) in [7, 11) is 0. The van der Waals surface area contributed by atoms with Crippen LogP contribution in [0.1, 0.15) is 31.3 Å². The lowest BCUT2D eigenvalue weighted by Gasteiger charge is -2.28. The summed E-state index contributed by atoms with van der Waals surface area (Å²) in [6.45, 7) is 5.94. The molecule has 0 aliphatic rings. The number of alkyl halides is 1. The number of carbonyl (C=O) groups is 1. The topological polar surface area (TPSA) is 42.0 Å². The molecule has 0 fully saturated rings. The molecule has 0 saturated heterocycles. The van der Waals surface area contributed by atoms with Crippen LogP contribution in [0.2, 0.25) is 0 Å². The second kappa shape index (κ2) is 4.40. The fourth-order valence-corrected chi connectivity index (χ4v) is 1.43. The zero-order valence-corrected chi connectivity index (χ0v) is 10.8. The summed E-state index contributed by atoms with van der Waals surface area (Å²) in [6, 6.07) is 0. The van der Waals surface area contributed by atoms with E-state index < -0.39 is 0 Å². The quantitative estimate of drug-likeness (QED) is 0.862. The van der Waals surface area contributed by atoms with Crippen molar-refractivity contribution in [2.24, 2.45) is 0 Å². The molecule has 1 heterocycles. The summed E-state index contributed by atoms with van der Waals surface area (Å²) in [6.07, 6.45) is 0. The van der Waals surface area contributed by atoms with Crippen LogP contribution in [0.25, 0.3) is 0 Å². The Hall–Kier alpha value is -0.420. The van der Waals surface area contributed by atoms with Crippen LogP contribution in [0.4, 0.5) is 0 Å². The van der Waals surface area contributed by atoms with Crippen molar-refractivity contribution in [2.75, 3.05) is 0 Å². The third-order valence-corrected chi connectivity index (χ3v) is 3.83. The van der Waals surface area contributed by atoms with Crippen molar-refractivity contribution in [3.8, 4) is 0 Å². The number of rotatable bonds is 3. The summed E-state index contributed by atoms with van der Waals surface area (Å²) < 4.78 is 0. The fraction of sp³-hybridized carbons (Fsp3) is 0.556. The predicted molar refractivity (Wildman–Crippen MR) is 62.0 cm³/mol. The highest BCUT2D eigenvalue weighted by Crippen LogP contribution is 2.17.